The van der Waals surface area contributed by atoms with E-state index in [-0.39, 0.29) is 10.7 Å². The Hall–Kier alpha value is -3.74. The monoisotopic (exact) mass is 673 g/mol. The Labute approximate surface area is 302 Å². The molecule has 5 heteroatoms. The maximum Gasteiger partial charge on any atom is 0.135 e. The Morgan fingerprint density at radius 2 is 0.860 bits per heavy atom. The molecule has 0 atom stereocenters. The maximum atomic E-state index is 10.2. The number of nitrogens with zero attached hydrogens (tertiary/aromatic N) is 4. The van der Waals surface area contributed by atoms with Crippen molar-refractivity contribution in [2.24, 2.45) is 0 Å². The molecular weight excluding hydrogens is 613 g/mol. The third-order valence-electron chi connectivity index (χ3n) is 10.6. The Balaban J connectivity index is 0.000000130. The molecule has 1 N–H and O–H groups in total. The molecule has 0 fully saturated rings. The van der Waals surface area contributed by atoms with Crippen LogP contribution in [0.1, 0.15) is 94.8 Å². The summed E-state index contributed by atoms with van der Waals surface area (Å²) in [6.07, 6.45) is 5.61. The van der Waals surface area contributed by atoms with Crippen molar-refractivity contribution in [2.75, 3.05) is 6.54 Å². The number of hydrogen-bond acceptors (Lipinski definition) is 3. The van der Waals surface area contributed by atoms with Crippen LogP contribution >= 0.6 is 0 Å². The lowest BCUT2D eigenvalue weighted by Crippen LogP contribution is -2.45. The molecule has 4 heterocycles. The van der Waals surface area contributed by atoms with Gasteiger partial charge in [-0.1, -0.05) is 97.1 Å². The molecule has 0 spiro atoms. The zero-order valence-corrected chi connectivity index (χ0v) is 31.9. The molecule has 5 aromatic rings. The number of benzene rings is 4. The molecule has 1 aromatic heterocycles. The number of fused-ring (bicyclic) bond motifs is 4. The summed E-state index contributed by atoms with van der Waals surface area (Å²) in [7, 11) is 0. The molecule has 0 bridgehead atoms. The molecule has 0 saturated carbocycles. The summed E-state index contributed by atoms with van der Waals surface area (Å²) >= 11 is 0. The molecular formula is C45H61N4O+. The number of aromatic nitrogens is 1. The van der Waals surface area contributed by atoms with Crippen LogP contribution in [0.4, 0.5) is 0 Å². The summed E-state index contributed by atoms with van der Waals surface area (Å²) in [4.78, 5) is 5.02. The number of hydrogen-bond donors (Lipinski definition) is 1. The summed E-state index contributed by atoms with van der Waals surface area (Å²) in [6.45, 7) is 23.7. The SMILES string of the molecule is CC(C)N1CCc2ccccc2C1.CC(C)N1Cc2ccccc2C1.CC(C)[N+]1(O)Cc2ccccc2C1.CC(C)n1cc2ccccc2c1. The minimum Gasteiger partial charge on any atom is -0.351 e. The number of quaternary nitrogens is 1. The second kappa shape index (κ2) is 17.0. The molecule has 5 nitrogen and oxygen atoms in total. The quantitative estimate of drug-likeness (QED) is 0.193. The van der Waals surface area contributed by atoms with Crippen molar-refractivity contribution in [3.05, 3.63) is 143 Å². The fourth-order valence-electron chi connectivity index (χ4n) is 6.96. The maximum absolute atomic E-state index is 10.2. The highest BCUT2D eigenvalue weighted by Gasteiger charge is 2.37. The van der Waals surface area contributed by atoms with Crippen molar-refractivity contribution >= 4 is 10.8 Å². The average Bonchev–Trinajstić information content (AvgIpc) is 3.84. The van der Waals surface area contributed by atoms with E-state index >= 15 is 0 Å². The third-order valence-corrected chi connectivity index (χ3v) is 10.6. The summed E-state index contributed by atoms with van der Waals surface area (Å²) in [6, 6.07) is 36.4. The highest BCUT2D eigenvalue weighted by Crippen LogP contribution is 2.30. The first kappa shape index (κ1) is 37.5. The van der Waals surface area contributed by atoms with Gasteiger partial charge >= 0.3 is 0 Å². The predicted octanol–water partition coefficient (Wildman–Crippen LogP) is 10.4. The lowest BCUT2D eigenvalue weighted by Gasteiger charge is -2.31. The first-order valence-corrected chi connectivity index (χ1v) is 18.8. The highest BCUT2D eigenvalue weighted by molar-refractivity contribution is 5.82. The molecule has 0 saturated heterocycles. The summed E-state index contributed by atoms with van der Waals surface area (Å²) < 4.78 is 2.41. The summed E-state index contributed by atoms with van der Waals surface area (Å²) in [5.74, 6) is 0. The van der Waals surface area contributed by atoms with Gasteiger partial charge < -0.3 is 4.57 Å². The van der Waals surface area contributed by atoms with Crippen LogP contribution < -0.4 is 0 Å². The smallest absolute Gasteiger partial charge is 0.135 e. The molecule has 4 aromatic carbocycles. The van der Waals surface area contributed by atoms with Gasteiger partial charge in [-0.3, -0.25) is 9.80 Å². The molecule has 0 amide bonds. The predicted molar refractivity (Wildman–Crippen MR) is 210 cm³/mol. The van der Waals surface area contributed by atoms with Crippen molar-refractivity contribution in [3.8, 4) is 0 Å². The van der Waals surface area contributed by atoms with Crippen LogP contribution in [-0.2, 0) is 39.1 Å². The van der Waals surface area contributed by atoms with E-state index in [0.717, 1.165) is 32.7 Å². The molecule has 3 aliphatic rings. The molecule has 0 aliphatic carbocycles. The van der Waals surface area contributed by atoms with Gasteiger partial charge in [0.25, 0.3) is 0 Å². The van der Waals surface area contributed by atoms with Gasteiger partial charge in [0.15, 0.2) is 0 Å². The minimum atomic E-state index is 0.166. The van der Waals surface area contributed by atoms with Crippen LogP contribution in [0.2, 0.25) is 0 Å². The molecule has 50 heavy (non-hydrogen) atoms. The van der Waals surface area contributed by atoms with Crippen LogP contribution in [0.25, 0.3) is 10.8 Å². The van der Waals surface area contributed by atoms with Crippen molar-refractivity contribution < 1.29 is 9.85 Å². The van der Waals surface area contributed by atoms with Gasteiger partial charge in [-0.15, -0.1) is 0 Å². The van der Waals surface area contributed by atoms with Crippen LogP contribution in [0.3, 0.4) is 0 Å². The van der Waals surface area contributed by atoms with Crippen molar-refractivity contribution in [1.82, 2.24) is 14.4 Å². The normalized spacial score (nSPS) is 16.3. The third kappa shape index (κ3) is 9.52. The van der Waals surface area contributed by atoms with Crippen molar-refractivity contribution in [1.29, 1.82) is 0 Å². The molecule has 0 unspecified atom stereocenters. The first-order chi connectivity index (χ1) is 23.9. The largest absolute Gasteiger partial charge is 0.351 e. The average molecular weight is 674 g/mol. The fraction of sp³-hybridized carbons (Fsp3) is 0.422. The zero-order valence-electron chi connectivity index (χ0n) is 31.9. The van der Waals surface area contributed by atoms with Gasteiger partial charge in [-0.05, 0) is 94.8 Å². The Kier molecular flexibility index (Phi) is 12.7. The second-order valence-electron chi connectivity index (χ2n) is 15.4. The van der Waals surface area contributed by atoms with E-state index in [9.17, 15) is 5.21 Å². The number of hydroxylamine groups is 3. The van der Waals surface area contributed by atoms with E-state index in [1.54, 1.807) is 5.56 Å². The van der Waals surface area contributed by atoms with Gasteiger partial charge in [0.1, 0.15) is 19.1 Å². The highest BCUT2D eigenvalue weighted by atomic mass is 16.5. The van der Waals surface area contributed by atoms with Gasteiger partial charge in [0, 0.05) is 67.8 Å². The Morgan fingerprint density at radius 1 is 0.480 bits per heavy atom. The van der Waals surface area contributed by atoms with Crippen molar-refractivity contribution in [3.63, 3.8) is 0 Å². The van der Waals surface area contributed by atoms with Gasteiger partial charge in [-0.25, -0.2) is 5.21 Å². The van der Waals surface area contributed by atoms with E-state index in [2.05, 4.69) is 167 Å². The zero-order chi connectivity index (χ0) is 35.8. The van der Waals surface area contributed by atoms with E-state index in [4.69, 9.17) is 0 Å². The van der Waals surface area contributed by atoms with Crippen LogP contribution in [0.5, 0.6) is 0 Å². The van der Waals surface area contributed by atoms with Crippen LogP contribution in [-0.4, -0.2) is 48.9 Å². The minimum absolute atomic E-state index is 0.166. The molecule has 3 aliphatic heterocycles. The summed E-state index contributed by atoms with van der Waals surface area (Å²) in [5, 5.41) is 12.9. The molecule has 0 radical (unpaired) electrons. The van der Waals surface area contributed by atoms with E-state index < -0.39 is 0 Å². The molecule has 8 rings (SSSR count). The van der Waals surface area contributed by atoms with E-state index in [1.165, 1.54) is 51.6 Å². The standard InChI is InChI=1S/C12H17N.C11H16NO.C11H15N.C11H13N/c1-10(2)13-8-7-11-5-3-4-6-12(11)9-13;1-9(2)12(13)7-10-5-3-4-6-11(10)8-12;2*1-9(2)12-7-10-5-3-4-6-11(10)8-12/h3-6,10H,7-9H2,1-2H3;3-6,9,13H,7-8H2,1-2H3;3-6,9H,7-8H2,1-2H3;3-9H,1-2H3/q;+1;;. The lowest BCUT2D eigenvalue weighted by atomic mass is 9.99. The Bertz CT molecular complexity index is 1720. The first-order valence-electron chi connectivity index (χ1n) is 18.8. The van der Waals surface area contributed by atoms with Crippen LogP contribution in [0.15, 0.2) is 109 Å². The van der Waals surface area contributed by atoms with Gasteiger partial charge in [-0.2, -0.15) is 4.65 Å². The van der Waals surface area contributed by atoms with Crippen molar-refractivity contribution in [2.45, 2.75) is 119 Å². The topological polar surface area (TPSA) is 31.6 Å². The van der Waals surface area contributed by atoms with Gasteiger partial charge in [0.05, 0.1) is 0 Å². The van der Waals surface area contributed by atoms with Crippen LogP contribution in [0, 0.1) is 0 Å². The second-order valence-corrected chi connectivity index (χ2v) is 15.4. The fourth-order valence-corrected chi connectivity index (χ4v) is 6.96. The lowest BCUT2D eigenvalue weighted by molar-refractivity contribution is -1.13. The number of rotatable bonds is 4. The summed E-state index contributed by atoms with van der Waals surface area (Å²) in [5.41, 5.74) is 8.65. The van der Waals surface area contributed by atoms with E-state index in [1.807, 2.05) is 12.1 Å². The Morgan fingerprint density at radius 3 is 1.28 bits per heavy atom. The molecule has 266 valence electrons. The van der Waals surface area contributed by atoms with E-state index in [0.29, 0.717) is 18.1 Å². The van der Waals surface area contributed by atoms with Gasteiger partial charge in [0.2, 0.25) is 0 Å².